The van der Waals surface area contributed by atoms with Crippen LogP contribution in [0.4, 0.5) is 23.0 Å². The molecule has 0 spiro atoms. The average molecular weight is 474 g/mol. The number of amides is 1. The molecule has 176 valence electrons. The first-order chi connectivity index (χ1) is 16.1. The van der Waals surface area contributed by atoms with Gasteiger partial charge in [-0.05, 0) is 25.3 Å². The van der Waals surface area contributed by atoms with Crippen LogP contribution in [0.5, 0.6) is 0 Å². The molecule has 0 unspecified atom stereocenters. The van der Waals surface area contributed by atoms with Gasteiger partial charge in [0.2, 0.25) is 0 Å². The third-order valence-electron chi connectivity index (χ3n) is 4.58. The lowest BCUT2D eigenvalue weighted by Crippen LogP contribution is -2.39. The van der Waals surface area contributed by atoms with E-state index in [0.29, 0.717) is 36.4 Å². The molecule has 1 aliphatic heterocycles. The van der Waals surface area contributed by atoms with Crippen molar-refractivity contribution in [3.05, 3.63) is 30.3 Å². The third kappa shape index (κ3) is 7.48. The van der Waals surface area contributed by atoms with Crippen LogP contribution in [0, 0.1) is 0 Å². The van der Waals surface area contributed by atoms with E-state index < -0.39 is 11.9 Å². The Morgan fingerprint density at radius 2 is 1.88 bits per heavy atom. The highest BCUT2D eigenvalue weighted by Crippen LogP contribution is 2.34. The molecule has 1 aliphatic rings. The number of nitrogens with one attached hydrogen (secondary N) is 2. The van der Waals surface area contributed by atoms with E-state index in [4.69, 9.17) is 9.47 Å². The number of carbonyl (C=O) groups excluding carboxylic acids is 2. The summed E-state index contributed by atoms with van der Waals surface area (Å²) in [5, 5.41) is 14.7. The molecular formula is C21H27N7O4S. The Morgan fingerprint density at radius 1 is 1.15 bits per heavy atom. The monoisotopic (exact) mass is 473 g/mol. The summed E-state index contributed by atoms with van der Waals surface area (Å²) >= 11 is 1.30. The zero-order valence-electron chi connectivity index (χ0n) is 18.6. The number of hydrogen-bond donors (Lipinski definition) is 2. The molecule has 1 amide bonds. The maximum atomic E-state index is 12.3. The van der Waals surface area contributed by atoms with Crippen molar-refractivity contribution in [1.29, 1.82) is 0 Å². The summed E-state index contributed by atoms with van der Waals surface area (Å²) in [6, 6.07) is 9.14. The van der Waals surface area contributed by atoms with Crippen molar-refractivity contribution < 1.29 is 19.1 Å². The number of aromatic nitrogens is 2. The highest BCUT2D eigenvalue weighted by molar-refractivity contribution is 7.98. The highest BCUT2D eigenvalue weighted by Gasteiger charge is 2.21. The summed E-state index contributed by atoms with van der Waals surface area (Å²) in [5.74, 6) is -1.48. The minimum absolute atomic E-state index is 0.0703. The molecule has 33 heavy (non-hydrogen) atoms. The second-order valence-electron chi connectivity index (χ2n) is 6.85. The van der Waals surface area contributed by atoms with E-state index in [1.165, 1.54) is 11.8 Å². The maximum Gasteiger partial charge on any atom is 0.397 e. The number of hydrogen-bond acceptors (Lipinski definition) is 11. The van der Waals surface area contributed by atoms with Crippen molar-refractivity contribution in [3.8, 4) is 0 Å². The number of azo groups is 1. The number of nitrogens with zero attached hydrogens (tertiary/aromatic N) is 5. The zero-order chi connectivity index (χ0) is 23.5. The molecule has 2 heterocycles. The number of ether oxygens (including phenoxy) is 2. The number of morpholine rings is 1. The van der Waals surface area contributed by atoms with E-state index in [-0.39, 0.29) is 18.1 Å². The average Bonchev–Trinajstić information content (AvgIpc) is 2.84. The molecule has 12 heteroatoms. The van der Waals surface area contributed by atoms with E-state index in [1.54, 1.807) is 19.1 Å². The van der Waals surface area contributed by atoms with Crippen molar-refractivity contribution >= 4 is 46.6 Å². The van der Waals surface area contributed by atoms with Crippen LogP contribution in [0.2, 0.25) is 0 Å². The molecule has 1 aromatic carbocycles. The van der Waals surface area contributed by atoms with E-state index in [9.17, 15) is 9.59 Å². The SMILES string of the molecule is CCOC(=O)C(=O)Nc1nc(SC)nc(NCCN2CCOCC2)c1N=Nc1ccccc1. The summed E-state index contributed by atoms with van der Waals surface area (Å²) in [4.78, 5) is 35.3. The molecule has 0 radical (unpaired) electrons. The Morgan fingerprint density at radius 3 is 2.58 bits per heavy atom. The normalized spacial score (nSPS) is 14.2. The highest BCUT2D eigenvalue weighted by atomic mass is 32.2. The van der Waals surface area contributed by atoms with Crippen molar-refractivity contribution in [2.75, 3.05) is 62.9 Å². The molecule has 0 saturated carbocycles. The topological polar surface area (TPSA) is 130 Å². The molecular weight excluding hydrogens is 446 g/mol. The van der Waals surface area contributed by atoms with Crippen LogP contribution in [0.1, 0.15) is 6.92 Å². The number of anilines is 2. The molecule has 2 N–H and O–H groups in total. The molecule has 1 aromatic heterocycles. The number of thioether (sulfide) groups is 1. The van der Waals surface area contributed by atoms with Crippen molar-refractivity contribution in [3.63, 3.8) is 0 Å². The quantitative estimate of drug-likeness (QED) is 0.186. The van der Waals surface area contributed by atoms with E-state index in [0.717, 1.165) is 19.6 Å². The van der Waals surface area contributed by atoms with Gasteiger partial charge in [-0.3, -0.25) is 15.0 Å². The van der Waals surface area contributed by atoms with Gasteiger partial charge < -0.3 is 14.8 Å². The summed E-state index contributed by atoms with van der Waals surface area (Å²) in [6.45, 7) is 6.23. The summed E-state index contributed by atoms with van der Waals surface area (Å²) in [5.41, 5.74) is 0.838. The van der Waals surface area contributed by atoms with Gasteiger partial charge in [0.1, 0.15) is 0 Å². The lowest BCUT2D eigenvalue weighted by atomic mass is 10.3. The van der Waals surface area contributed by atoms with Crippen LogP contribution >= 0.6 is 11.8 Å². The molecule has 0 aliphatic carbocycles. The van der Waals surface area contributed by atoms with Gasteiger partial charge in [0.25, 0.3) is 0 Å². The lowest BCUT2D eigenvalue weighted by molar-refractivity contribution is -0.152. The van der Waals surface area contributed by atoms with Gasteiger partial charge in [0.05, 0.1) is 25.5 Å². The Kier molecular flexibility index (Phi) is 9.54. The predicted octanol–water partition coefficient (Wildman–Crippen LogP) is 2.86. The van der Waals surface area contributed by atoms with Gasteiger partial charge in [0, 0.05) is 26.2 Å². The standard InChI is InChI=1S/C21H27N7O4S/c1-3-32-20(30)19(29)23-18-16(27-26-15-7-5-4-6-8-15)17(24-21(25-18)33-2)22-9-10-28-11-13-31-14-12-28/h4-8H,3,9-14H2,1-2H3,(H2,22,23,24,25,29). The van der Waals surface area contributed by atoms with E-state index in [1.807, 2.05) is 24.5 Å². The number of esters is 1. The molecule has 1 fully saturated rings. The second-order valence-corrected chi connectivity index (χ2v) is 7.62. The van der Waals surface area contributed by atoms with Crippen molar-refractivity contribution in [2.24, 2.45) is 10.2 Å². The number of carbonyl (C=O) groups is 2. The molecule has 0 bridgehead atoms. The lowest BCUT2D eigenvalue weighted by Gasteiger charge is -2.26. The van der Waals surface area contributed by atoms with Gasteiger partial charge in [-0.25, -0.2) is 14.8 Å². The van der Waals surface area contributed by atoms with Crippen LogP contribution in [-0.4, -0.2) is 79.0 Å². The second kappa shape index (κ2) is 12.8. The van der Waals surface area contributed by atoms with Crippen molar-refractivity contribution in [2.45, 2.75) is 12.1 Å². The minimum Gasteiger partial charge on any atom is -0.459 e. The first-order valence-electron chi connectivity index (χ1n) is 10.6. The fraction of sp³-hybridized carbons (Fsp3) is 0.429. The predicted molar refractivity (Wildman–Crippen MR) is 125 cm³/mol. The smallest absolute Gasteiger partial charge is 0.397 e. The van der Waals surface area contributed by atoms with Crippen LogP contribution in [0.25, 0.3) is 0 Å². The van der Waals surface area contributed by atoms with Crippen molar-refractivity contribution in [1.82, 2.24) is 14.9 Å². The Hall–Kier alpha value is -3.09. The van der Waals surface area contributed by atoms with Crippen LogP contribution in [0.3, 0.4) is 0 Å². The minimum atomic E-state index is -1.01. The van der Waals surface area contributed by atoms with Gasteiger partial charge in [-0.2, -0.15) is 5.11 Å². The fourth-order valence-electron chi connectivity index (χ4n) is 2.95. The Balaban J connectivity index is 1.87. The third-order valence-corrected chi connectivity index (χ3v) is 5.13. The van der Waals surface area contributed by atoms with Crippen LogP contribution in [0.15, 0.2) is 45.7 Å². The number of rotatable bonds is 9. The zero-order valence-corrected chi connectivity index (χ0v) is 19.4. The maximum absolute atomic E-state index is 12.3. The molecule has 3 rings (SSSR count). The summed E-state index contributed by atoms with van der Waals surface area (Å²) < 4.78 is 10.2. The van der Waals surface area contributed by atoms with Gasteiger partial charge in [-0.1, -0.05) is 30.0 Å². The molecule has 2 aromatic rings. The van der Waals surface area contributed by atoms with Gasteiger partial charge in [0.15, 0.2) is 22.5 Å². The van der Waals surface area contributed by atoms with E-state index >= 15 is 0 Å². The molecule has 11 nitrogen and oxygen atoms in total. The molecule has 1 saturated heterocycles. The first-order valence-corrected chi connectivity index (χ1v) is 11.8. The molecule has 0 atom stereocenters. The van der Waals surface area contributed by atoms with Crippen LogP contribution in [-0.2, 0) is 19.1 Å². The van der Waals surface area contributed by atoms with E-state index in [2.05, 4.69) is 35.7 Å². The summed E-state index contributed by atoms with van der Waals surface area (Å²) in [6.07, 6.45) is 1.81. The summed E-state index contributed by atoms with van der Waals surface area (Å²) in [7, 11) is 0. The Bertz CT molecular complexity index is 969. The fourth-order valence-corrected chi connectivity index (χ4v) is 3.31. The van der Waals surface area contributed by atoms with Gasteiger partial charge in [-0.15, -0.1) is 5.11 Å². The van der Waals surface area contributed by atoms with Crippen LogP contribution < -0.4 is 10.6 Å². The Labute approximate surface area is 196 Å². The van der Waals surface area contributed by atoms with Gasteiger partial charge >= 0.3 is 11.9 Å². The number of benzene rings is 1. The first kappa shape index (κ1) is 24.6. The largest absolute Gasteiger partial charge is 0.459 e.